The van der Waals surface area contributed by atoms with Crippen molar-refractivity contribution in [3.63, 3.8) is 0 Å². The number of carbonyl (C=O) groups excluding carboxylic acids is 2. The number of hydrogen-bond acceptors (Lipinski definition) is 5. The molecule has 2 unspecified atom stereocenters. The number of carboxylic acid groups (broad SMARTS) is 1. The minimum atomic E-state index is -1.20. The highest BCUT2D eigenvalue weighted by Crippen LogP contribution is 2.44. The molecule has 0 radical (unpaired) electrons. The minimum absolute atomic E-state index is 0.0683. The van der Waals surface area contributed by atoms with Crippen LogP contribution in [0.15, 0.2) is 48.5 Å². The molecular weight excluding hydrogens is 448 g/mol. The number of aliphatic hydroxyl groups is 1. The van der Waals surface area contributed by atoms with E-state index >= 15 is 0 Å². The number of ether oxygens (including phenoxy) is 1. The maximum absolute atomic E-state index is 13.0. The van der Waals surface area contributed by atoms with Crippen LogP contribution in [0.2, 0.25) is 0 Å². The van der Waals surface area contributed by atoms with Crippen LogP contribution in [-0.2, 0) is 14.3 Å². The van der Waals surface area contributed by atoms with Crippen molar-refractivity contribution in [3.8, 4) is 11.1 Å². The van der Waals surface area contributed by atoms with Crippen molar-refractivity contribution in [3.05, 3.63) is 59.7 Å². The Balaban J connectivity index is 1.43. The number of carboxylic acids is 1. The SMILES string of the molecule is CC1(NC(=O)OCC2c3ccccc3-c3ccccc32)CCCCC1C(=O)N[C@H](CCO)C(=O)O. The van der Waals surface area contributed by atoms with E-state index in [9.17, 15) is 19.5 Å². The Morgan fingerprint density at radius 2 is 1.69 bits per heavy atom. The number of benzene rings is 2. The Bertz CT molecular complexity index is 1060. The van der Waals surface area contributed by atoms with E-state index < -0.39 is 35.5 Å². The Kier molecular flexibility index (Phi) is 7.40. The van der Waals surface area contributed by atoms with Gasteiger partial charge >= 0.3 is 12.1 Å². The van der Waals surface area contributed by atoms with Gasteiger partial charge in [0.05, 0.1) is 11.5 Å². The average molecular weight is 481 g/mol. The zero-order valence-corrected chi connectivity index (χ0v) is 19.8. The van der Waals surface area contributed by atoms with Crippen LogP contribution in [0.5, 0.6) is 0 Å². The van der Waals surface area contributed by atoms with Crippen molar-refractivity contribution in [2.75, 3.05) is 13.2 Å². The van der Waals surface area contributed by atoms with E-state index in [1.165, 1.54) is 0 Å². The lowest BCUT2D eigenvalue weighted by Crippen LogP contribution is -2.59. The van der Waals surface area contributed by atoms with E-state index in [0.29, 0.717) is 12.8 Å². The zero-order valence-electron chi connectivity index (χ0n) is 19.8. The lowest BCUT2D eigenvalue weighted by molar-refractivity contribution is -0.143. The minimum Gasteiger partial charge on any atom is -0.480 e. The molecule has 2 aromatic carbocycles. The van der Waals surface area contributed by atoms with E-state index in [1.807, 2.05) is 24.3 Å². The molecule has 2 aliphatic rings. The Hall–Kier alpha value is -3.39. The first-order valence-corrected chi connectivity index (χ1v) is 12.1. The molecule has 0 aliphatic heterocycles. The number of amides is 2. The molecule has 0 aromatic heterocycles. The lowest BCUT2D eigenvalue weighted by Gasteiger charge is -2.41. The largest absolute Gasteiger partial charge is 0.480 e. The summed E-state index contributed by atoms with van der Waals surface area (Å²) in [4.78, 5) is 37.3. The fraction of sp³-hybridized carbons (Fsp3) is 0.444. The van der Waals surface area contributed by atoms with E-state index in [0.717, 1.165) is 35.1 Å². The van der Waals surface area contributed by atoms with E-state index in [1.54, 1.807) is 6.92 Å². The molecule has 8 heteroatoms. The van der Waals surface area contributed by atoms with E-state index in [2.05, 4.69) is 34.9 Å². The van der Waals surface area contributed by atoms with Crippen LogP contribution >= 0.6 is 0 Å². The fourth-order valence-corrected chi connectivity index (χ4v) is 5.43. The molecule has 35 heavy (non-hydrogen) atoms. The van der Waals surface area contributed by atoms with Crippen molar-refractivity contribution in [1.29, 1.82) is 0 Å². The van der Waals surface area contributed by atoms with Gasteiger partial charge in [0.15, 0.2) is 0 Å². The summed E-state index contributed by atoms with van der Waals surface area (Å²) in [5.41, 5.74) is 3.65. The summed E-state index contributed by atoms with van der Waals surface area (Å²) < 4.78 is 5.68. The third-order valence-electron chi connectivity index (χ3n) is 7.29. The summed E-state index contributed by atoms with van der Waals surface area (Å²) in [5, 5.41) is 23.9. The van der Waals surface area contributed by atoms with Crippen molar-refractivity contribution in [2.45, 2.75) is 56.5 Å². The van der Waals surface area contributed by atoms with Gasteiger partial charge < -0.3 is 25.6 Å². The number of nitrogens with one attached hydrogen (secondary N) is 2. The van der Waals surface area contributed by atoms with Gasteiger partial charge in [-0.15, -0.1) is 0 Å². The molecule has 3 atom stereocenters. The molecule has 0 spiro atoms. The summed E-state index contributed by atoms with van der Waals surface area (Å²) >= 11 is 0. The molecule has 2 aromatic rings. The van der Waals surface area contributed by atoms with Gasteiger partial charge in [-0.2, -0.15) is 0 Å². The van der Waals surface area contributed by atoms with E-state index in [-0.39, 0.29) is 25.6 Å². The van der Waals surface area contributed by atoms with Gasteiger partial charge in [0.2, 0.25) is 5.91 Å². The molecule has 2 aliphatic carbocycles. The van der Waals surface area contributed by atoms with Gasteiger partial charge in [0.1, 0.15) is 12.6 Å². The number of aliphatic carboxylic acids is 1. The standard InChI is InChI=1S/C27H32N2O6/c1-27(14-7-6-12-22(27)24(31)28-23(13-15-30)25(32)33)29-26(34)35-16-21-19-10-4-2-8-17(19)18-9-3-5-11-20(18)21/h2-5,8-11,21-23,30H,6-7,12-16H2,1H3,(H,28,31)(H,29,34)(H,32,33)/t22?,23-,27?/m1/s1. The van der Waals surface area contributed by atoms with Gasteiger partial charge in [-0.05, 0) is 42.0 Å². The van der Waals surface area contributed by atoms with Crippen molar-refractivity contribution >= 4 is 18.0 Å². The van der Waals surface area contributed by atoms with Gasteiger partial charge in [-0.1, -0.05) is 61.4 Å². The second-order valence-corrected chi connectivity index (χ2v) is 9.58. The second kappa shape index (κ2) is 10.5. The van der Waals surface area contributed by atoms with Crippen LogP contribution in [-0.4, -0.2) is 53.0 Å². The summed E-state index contributed by atoms with van der Waals surface area (Å²) in [6, 6.07) is 15.0. The first-order chi connectivity index (χ1) is 16.8. The number of alkyl carbamates (subject to hydrolysis) is 1. The van der Waals surface area contributed by atoms with Crippen LogP contribution < -0.4 is 10.6 Å². The number of carbonyl (C=O) groups is 3. The van der Waals surface area contributed by atoms with Crippen LogP contribution in [0.25, 0.3) is 11.1 Å². The van der Waals surface area contributed by atoms with Crippen LogP contribution in [0.3, 0.4) is 0 Å². The van der Waals surface area contributed by atoms with Gasteiger partial charge in [-0.3, -0.25) is 4.79 Å². The van der Waals surface area contributed by atoms with Crippen LogP contribution in [0.4, 0.5) is 4.79 Å². The molecule has 1 fully saturated rings. The molecule has 4 rings (SSSR count). The highest BCUT2D eigenvalue weighted by Gasteiger charge is 2.43. The van der Waals surface area contributed by atoms with Gasteiger partial charge in [-0.25, -0.2) is 9.59 Å². The van der Waals surface area contributed by atoms with Crippen molar-refractivity contribution < 1.29 is 29.3 Å². The van der Waals surface area contributed by atoms with Crippen LogP contribution in [0.1, 0.15) is 56.1 Å². The Morgan fingerprint density at radius 3 is 2.29 bits per heavy atom. The molecular formula is C27H32N2O6. The predicted molar refractivity (Wildman–Crippen MR) is 130 cm³/mol. The Labute approximate surface area is 204 Å². The Morgan fingerprint density at radius 1 is 1.06 bits per heavy atom. The molecule has 4 N–H and O–H groups in total. The zero-order chi connectivity index (χ0) is 25.0. The quantitative estimate of drug-likeness (QED) is 0.459. The summed E-state index contributed by atoms with van der Waals surface area (Å²) in [6.45, 7) is 1.63. The maximum Gasteiger partial charge on any atom is 0.407 e. The average Bonchev–Trinajstić information content (AvgIpc) is 3.16. The fourth-order valence-electron chi connectivity index (χ4n) is 5.43. The molecule has 186 valence electrons. The molecule has 1 saturated carbocycles. The van der Waals surface area contributed by atoms with Crippen molar-refractivity contribution in [2.24, 2.45) is 5.92 Å². The summed E-state index contributed by atoms with van der Waals surface area (Å²) in [6.07, 6.45) is 2.06. The van der Waals surface area contributed by atoms with Crippen molar-refractivity contribution in [1.82, 2.24) is 10.6 Å². The first kappa shape index (κ1) is 24.7. The maximum atomic E-state index is 13.0. The molecule has 0 bridgehead atoms. The lowest BCUT2D eigenvalue weighted by atomic mass is 9.73. The summed E-state index contributed by atoms with van der Waals surface area (Å²) in [7, 11) is 0. The first-order valence-electron chi connectivity index (χ1n) is 12.1. The van der Waals surface area contributed by atoms with E-state index in [4.69, 9.17) is 9.84 Å². The molecule has 0 saturated heterocycles. The van der Waals surface area contributed by atoms with Gasteiger partial charge in [0, 0.05) is 18.9 Å². The monoisotopic (exact) mass is 480 g/mol. The molecule has 2 amide bonds. The highest BCUT2D eigenvalue weighted by atomic mass is 16.5. The number of aliphatic hydroxyl groups excluding tert-OH is 1. The molecule has 0 heterocycles. The smallest absolute Gasteiger partial charge is 0.407 e. The predicted octanol–water partition coefficient (Wildman–Crippen LogP) is 3.43. The third-order valence-corrected chi connectivity index (χ3v) is 7.29. The van der Waals surface area contributed by atoms with Crippen LogP contribution in [0, 0.1) is 5.92 Å². The normalized spacial score (nSPS) is 21.9. The molecule has 8 nitrogen and oxygen atoms in total. The third kappa shape index (κ3) is 5.17. The number of rotatable bonds is 8. The topological polar surface area (TPSA) is 125 Å². The number of fused-ring (bicyclic) bond motifs is 3. The number of hydrogen-bond donors (Lipinski definition) is 4. The summed E-state index contributed by atoms with van der Waals surface area (Å²) in [5.74, 6) is -2.31. The van der Waals surface area contributed by atoms with Gasteiger partial charge in [0.25, 0.3) is 0 Å². The highest BCUT2D eigenvalue weighted by molar-refractivity contribution is 5.86. The second-order valence-electron chi connectivity index (χ2n) is 9.58.